The summed E-state index contributed by atoms with van der Waals surface area (Å²) in [6.45, 7) is 0.506. The number of benzene rings is 2. The third kappa shape index (κ3) is 2.62. The summed E-state index contributed by atoms with van der Waals surface area (Å²) in [5.41, 5.74) is 1.82. The van der Waals surface area contributed by atoms with Crippen LogP contribution in [0.15, 0.2) is 40.9 Å². The number of rotatable bonds is 3. The number of hydrogen-bond donors (Lipinski definition) is 0. The van der Waals surface area contributed by atoms with Crippen molar-refractivity contribution in [3.63, 3.8) is 0 Å². The molecule has 3 rings (SSSR count). The largest absolute Gasteiger partial charge is 0.496 e. The molecule has 2 nitrogen and oxygen atoms in total. The molecule has 2 aromatic rings. The zero-order valence-corrected chi connectivity index (χ0v) is 13.6. The maximum Gasteiger partial charge on any atom is 0.141 e. The van der Waals surface area contributed by atoms with Crippen LogP contribution in [0.1, 0.15) is 22.4 Å². The molecule has 21 heavy (non-hydrogen) atoms. The molecule has 1 aliphatic heterocycles. The van der Waals surface area contributed by atoms with Crippen molar-refractivity contribution in [1.82, 2.24) is 0 Å². The normalized spacial score (nSPS) is 18.0. The van der Waals surface area contributed by atoms with E-state index >= 15 is 0 Å². The van der Waals surface area contributed by atoms with E-state index < -0.39 is 0 Å². The molecule has 0 fully saturated rings. The van der Waals surface area contributed by atoms with E-state index in [1.54, 1.807) is 6.07 Å². The number of fused-ring (bicyclic) bond motifs is 1. The van der Waals surface area contributed by atoms with Crippen molar-refractivity contribution in [2.24, 2.45) is 0 Å². The van der Waals surface area contributed by atoms with Gasteiger partial charge in [-0.1, -0.05) is 18.2 Å². The molecule has 0 bridgehead atoms. The van der Waals surface area contributed by atoms with E-state index in [0.29, 0.717) is 16.8 Å². The van der Waals surface area contributed by atoms with Gasteiger partial charge >= 0.3 is 0 Å². The topological polar surface area (TPSA) is 18.5 Å². The van der Waals surface area contributed by atoms with Crippen molar-refractivity contribution in [2.75, 3.05) is 13.7 Å². The predicted octanol–water partition coefficient (Wildman–Crippen LogP) is 5.05. The minimum atomic E-state index is -0.373. The van der Waals surface area contributed by atoms with Gasteiger partial charge in [0.15, 0.2) is 0 Å². The van der Waals surface area contributed by atoms with Crippen LogP contribution in [0.5, 0.6) is 11.5 Å². The van der Waals surface area contributed by atoms with E-state index in [1.807, 2.05) is 24.3 Å². The maximum atomic E-state index is 13.6. The first-order valence-electron chi connectivity index (χ1n) is 6.50. The Morgan fingerprint density at radius 1 is 1.38 bits per heavy atom. The Balaban J connectivity index is 2.00. The van der Waals surface area contributed by atoms with Crippen LogP contribution < -0.4 is 9.47 Å². The molecule has 5 heteroatoms. The maximum absolute atomic E-state index is 13.6. The lowest BCUT2D eigenvalue weighted by molar-refractivity contribution is 0.326. The Morgan fingerprint density at radius 2 is 2.14 bits per heavy atom. The number of halogens is 3. The van der Waals surface area contributed by atoms with Gasteiger partial charge in [0, 0.05) is 23.1 Å². The number of methoxy groups -OCH3 is 1. The molecule has 0 radical (unpaired) electrons. The Labute approximate surface area is 136 Å². The highest BCUT2D eigenvalue weighted by atomic mass is 79.9. The lowest BCUT2D eigenvalue weighted by Gasteiger charge is -2.19. The number of hydrogen-bond acceptors (Lipinski definition) is 2. The first kappa shape index (κ1) is 14.7. The number of alkyl halides is 1. The summed E-state index contributed by atoms with van der Waals surface area (Å²) < 4.78 is 24.9. The van der Waals surface area contributed by atoms with Gasteiger partial charge in [-0.3, -0.25) is 0 Å². The summed E-state index contributed by atoms with van der Waals surface area (Å²) in [7, 11) is 1.51. The monoisotopic (exact) mass is 370 g/mol. The van der Waals surface area contributed by atoms with Gasteiger partial charge in [0.1, 0.15) is 17.3 Å². The highest BCUT2D eigenvalue weighted by Crippen LogP contribution is 2.47. The smallest absolute Gasteiger partial charge is 0.141 e. The summed E-state index contributed by atoms with van der Waals surface area (Å²) in [6, 6.07) is 10.8. The van der Waals surface area contributed by atoms with Crippen LogP contribution in [0.2, 0.25) is 0 Å². The third-order valence-corrected chi connectivity index (χ3v) is 4.81. The second-order valence-corrected chi connectivity index (χ2v) is 6.19. The van der Waals surface area contributed by atoms with Gasteiger partial charge in [-0.05, 0) is 28.1 Å². The van der Waals surface area contributed by atoms with Crippen LogP contribution in [0.25, 0.3) is 0 Å². The van der Waals surface area contributed by atoms with Crippen LogP contribution in [-0.2, 0) is 0 Å². The third-order valence-electron chi connectivity index (χ3n) is 3.66. The number of ether oxygens (including phenoxy) is 2. The average Bonchev–Trinajstić information content (AvgIpc) is 2.92. The molecule has 0 spiro atoms. The lowest BCUT2D eigenvalue weighted by atomic mass is 9.92. The predicted molar refractivity (Wildman–Crippen MR) is 83.9 cm³/mol. The second kappa shape index (κ2) is 5.85. The van der Waals surface area contributed by atoms with Crippen molar-refractivity contribution in [1.29, 1.82) is 0 Å². The van der Waals surface area contributed by atoms with Crippen molar-refractivity contribution >= 4 is 27.5 Å². The fourth-order valence-corrected chi connectivity index (χ4v) is 3.32. The van der Waals surface area contributed by atoms with E-state index in [2.05, 4.69) is 15.9 Å². The molecule has 2 atom stereocenters. The van der Waals surface area contributed by atoms with Crippen molar-refractivity contribution in [3.05, 3.63) is 57.8 Å². The highest BCUT2D eigenvalue weighted by Gasteiger charge is 2.33. The Kier molecular flexibility index (Phi) is 4.09. The zero-order valence-electron chi connectivity index (χ0n) is 11.3. The van der Waals surface area contributed by atoms with E-state index in [9.17, 15) is 4.39 Å². The first-order chi connectivity index (χ1) is 10.1. The van der Waals surface area contributed by atoms with Gasteiger partial charge in [-0.15, -0.1) is 11.6 Å². The van der Waals surface area contributed by atoms with Crippen LogP contribution in [-0.4, -0.2) is 13.7 Å². The Bertz CT molecular complexity index is 677. The molecule has 0 aromatic heterocycles. The number of para-hydroxylation sites is 1. The van der Waals surface area contributed by atoms with Gasteiger partial charge in [0.05, 0.1) is 23.6 Å². The first-order valence-corrected chi connectivity index (χ1v) is 7.73. The molecule has 1 aliphatic rings. The molecule has 0 saturated heterocycles. The minimum Gasteiger partial charge on any atom is -0.496 e. The van der Waals surface area contributed by atoms with Crippen molar-refractivity contribution in [3.8, 4) is 11.5 Å². The van der Waals surface area contributed by atoms with Crippen molar-refractivity contribution < 1.29 is 13.9 Å². The van der Waals surface area contributed by atoms with E-state index in [1.165, 1.54) is 13.2 Å². The average molecular weight is 372 g/mol. The molecule has 2 aromatic carbocycles. The fourth-order valence-electron chi connectivity index (χ4n) is 2.58. The molecular weight excluding hydrogens is 359 g/mol. The Morgan fingerprint density at radius 3 is 2.90 bits per heavy atom. The second-order valence-electron chi connectivity index (χ2n) is 4.87. The summed E-state index contributed by atoms with van der Waals surface area (Å²) in [6.07, 6.45) is 0. The van der Waals surface area contributed by atoms with Crippen LogP contribution >= 0.6 is 27.5 Å². The molecule has 0 N–H and O–H groups in total. The van der Waals surface area contributed by atoms with E-state index in [4.69, 9.17) is 21.1 Å². The summed E-state index contributed by atoms with van der Waals surface area (Å²) in [5, 5.41) is -0.361. The SMILES string of the molecule is COc1cc(F)c(Br)cc1C(Cl)C1COc2ccccc21. The fraction of sp³-hybridized carbons (Fsp3) is 0.250. The van der Waals surface area contributed by atoms with Gasteiger partial charge in [-0.25, -0.2) is 4.39 Å². The zero-order chi connectivity index (χ0) is 15.0. The van der Waals surface area contributed by atoms with Crippen LogP contribution in [0.4, 0.5) is 4.39 Å². The quantitative estimate of drug-likeness (QED) is 0.703. The molecule has 110 valence electrons. The van der Waals surface area contributed by atoms with Gasteiger partial charge in [0.2, 0.25) is 0 Å². The van der Waals surface area contributed by atoms with Gasteiger partial charge in [0.25, 0.3) is 0 Å². The molecule has 0 amide bonds. The van der Waals surface area contributed by atoms with E-state index in [-0.39, 0.29) is 17.1 Å². The molecule has 0 aliphatic carbocycles. The lowest BCUT2D eigenvalue weighted by Crippen LogP contribution is -2.09. The van der Waals surface area contributed by atoms with Gasteiger partial charge in [-0.2, -0.15) is 0 Å². The molecule has 2 unspecified atom stereocenters. The molecular formula is C16H13BrClFO2. The molecule has 1 heterocycles. The molecule has 0 saturated carbocycles. The van der Waals surface area contributed by atoms with Crippen LogP contribution in [0, 0.1) is 5.82 Å². The standard InChI is InChI=1S/C16H13BrClFO2/c1-20-15-7-13(19)12(17)6-10(15)16(18)11-8-21-14-5-3-2-4-9(11)14/h2-7,11,16H,8H2,1H3. The highest BCUT2D eigenvalue weighted by molar-refractivity contribution is 9.10. The van der Waals surface area contributed by atoms with Crippen molar-refractivity contribution in [2.45, 2.75) is 11.3 Å². The Hall–Kier alpha value is -1.26. The van der Waals surface area contributed by atoms with E-state index in [0.717, 1.165) is 16.9 Å². The minimum absolute atomic E-state index is 0.00845. The summed E-state index contributed by atoms with van der Waals surface area (Å²) >= 11 is 9.84. The van der Waals surface area contributed by atoms with Crippen LogP contribution in [0.3, 0.4) is 0 Å². The van der Waals surface area contributed by atoms with Gasteiger partial charge < -0.3 is 9.47 Å². The summed E-state index contributed by atoms with van der Waals surface area (Å²) in [5.74, 6) is 0.935. The summed E-state index contributed by atoms with van der Waals surface area (Å²) in [4.78, 5) is 0.